The van der Waals surface area contributed by atoms with Gasteiger partial charge in [0.1, 0.15) is 15.8 Å². The average molecular weight is 689 g/mol. The Hall–Kier alpha value is -6.21. The van der Waals surface area contributed by atoms with Crippen molar-refractivity contribution in [1.29, 1.82) is 0 Å². The van der Waals surface area contributed by atoms with Crippen LogP contribution < -0.4 is 4.90 Å². The van der Waals surface area contributed by atoms with Crippen molar-refractivity contribution in [3.63, 3.8) is 0 Å². The molecule has 0 N–H and O–H groups in total. The van der Waals surface area contributed by atoms with Crippen molar-refractivity contribution in [2.45, 2.75) is 0 Å². The zero-order chi connectivity index (χ0) is 33.7. The van der Waals surface area contributed by atoms with Crippen LogP contribution >= 0.6 is 22.7 Å². The number of thiazole rings is 2. The first-order chi connectivity index (χ1) is 25.2. The Kier molecular flexibility index (Phi) is 7.15. The Labute approximate surface area is 302 Å². The third-order valence-corrected chi connectivity index (χ3v) is 11.5. The molecule has 10 aromatic rings. The molecule has 3 heterocycles. The number of benzene rings is 7. The summed E-state index contributed by atoms with van der Waals surface area (Å²) in [5.74, 6) is 0.860. The topological polar surface area (TPSA) is 41.9 Å². The zero-order valence-corrected chi connectivity index (χ0v) is 28.9. The Morgan fingerprint density at radius 2 is 0.824 bits per heavy atom. The van der Waals surface area contributed by atoms with Crippen LogP contribution in [-0.2, 0) is 0 Å². The summed E-state index contributed by atoms with van der Waals surface area (Å²) in [6, 6.07) is 59.9. The largest absolute Gasteiger partial charge is 0.295 e. The first-order valence-corrected chi connectivity index (χ1v) is 18.5. The number of pyridine rings is 1. The van der Waals surface area contributed by atoms with Crippen LogP contribution in [0.1, 0.15) is 0 Å². The van der Waals surface area contributed by atoms with Crippen LogP contribution in [0.25, 0.3) is 74.4 Å². The zero-order valence-electron chi connectivity index (χ0n) is 27.3. The molecule has 7 aromatic carbocycles. The third kappa shape index (κ3) is 5.51. The van der Waals surface area contributed by atoms with Gasteiger partial charge in [-0.15, -0.1) is 22.7 Å². The predicted molar refractivity (Wildman–Crippen MR) is 217 cm³/mol. The minimum Gasteiger partial charge on any atom is -0.295 e. The van der Waals surface area contributed by atoms with Gasteiger partial charge in [-0.25, -0.2) is 15.0 Å². The number of para-hydroxylation sites is 2. The van der Waals surface area contributed by atoms with Gasteiger partial charge in [-0.3, -0.25) is 4.90 Å². The first kappa shape index (κ1) is 29.7. The van der Waals surface area contributed by atoms with E-state index in [1.807, 2.05) is 12.1 Å². The smallest absolute Gasteiger partial charge is 0.138 e. The summed E-state index contributed by atoms with van der Waals surface area (Å²) in [6.45, 7) is 0. The third-order valence-electron chi connectivity index (χ3n) is 9.32. The second kappa shape index (κ2) is 12.3. The summed E-state index contributed by atoms with van der Waals surface area (Å²) in [7, 11) is 0. The highest BCUT2D eigenvalue weighted by Crippen LogP contribution is 2.38. The number of rotatable bonds is 6. The van der Waals surface area contributed by atoms with Gasteiger partial charge in [-0.05, 0) is 107 Å². The molecule has 0 atom stereocenters. The van der Waals surface area contributed by atoms with Crippen LogP contribution in [0.5, 0.6) is 0 Å². The minimum atomic E-state index is 0.860. The van der Waals surface area contributed by atoms with E-state index in [0.717, 1.165) is 71.4 Å². The number of anilines is 3. The quantitative estimate of drug-likeness (QED) is 0.163. The van der Waals surface area contributed by atoms with Gasteiger partial charge in [0.25, 0.3) is 0 Å². The van der Waals surface area contributed by atoms with Crippen molar-refractivity contribution in [3.8, 4) is 32.3 Å². The molecule has 10 rings (SSSR count). The first-order valence-electron chi connectivity index (χ1n) is 16.8. The number of aromatic nitrogens is 3. The minimum absolute atomic E-state index is 0.860. The summed E-state index contributed by atoms with van der Waals surface area (Å²) in [4.78, 5) is 17.2. The number of hydrogen-bond acceptors (Lipinski definition) is 6. The highest BCUT2D eigenvalue weighted by atomic mass is 32.1. The second-order valence-corrected chi connectivity index (χ2v) is 14.6. The lowest BCUT2D eigenvalue weighted by Gasteiger charge is -2.25. The molecule has 0 radical (unpaired) electrons. The van der Waals surface area contributed by atoms with Gasteiger partial charge in [0.05, 0.1) is 25.9 Å². The molecule has 0 saturated carbocycles. The van der Waals surface area contributed by atoms with Crippen LogP contribution in [0.2, 0.25) is 0 Å². The molecular formula is C45H28N4S2. The summed E-state index contributed by atoms with van der Waals surface area (Å²) >= 11 is 3.45. The van der Waals surface area contributed by atoms with Gasteiger partial charge in [0.15, 0.2) is 0 Å². The lowest BCUT2D eigenvalue weighted by Crippen LogP contribution is -2.11. The molecule has 0 aliphatic heterocycles. The van der Waals surface area contributed by atoms with Crippen molar-refractivity contribution in [1.82, 2.24) is 15.0 Å². The highest BCUT2D eigenvalue weighted by Gasteiger charge is 2.16. The van der Waals surface area contributed by atoms with E-state index in [4.69, 9.17) is 15.0 Å². The number of hydrogen-bond donors (Lipinski definition) is 0. The van der Waals surface area contributed by atoms with Gasteiger partial charge in [0, 0.05) is 27.9 Å². The van der Waals surface area contributed by atoms with E-state index >= 15 is 0 Å². The van der Waals surface area contributed by atoms with Crippen molar-refractivity contribution in [3.05, 3.63) is 170 Å². The van der Waals surface area contributed by atoms with Crippen molar-refractivity contribution >= 4 is 82.0 Å². The predicted octanol–water partition coefficient (Wildman–Crippen LogP) is 13.1. The standard InChI is InChI=1S/C45H28N4S2/c1-2-8-34-28-40-35(27-33(34)7-1)21-26-43(46-40)49(37-24-19-32(20-25-37)45-48-39-10-4-6-12-42(39)51-45)36-22-17-30(18-23-36)29-13-15-31(16-14-29)44-47-38-9-3-5-11-41(38)50-44/h1-28H. The lowest BCUT2D eigenvalue weighted by molar-refractivity contribution is 1.21. The summed E-state index contributed by atoms with van der Waals surface area (Å²) < 4.78 is 2.40. The van der Waals surface area contributed by atoms with Gasteiger partial charge in [-0.2, -0.15) is 0 Å². The molecule has 51 heavy (non-hydrogen) atoms. The van der Waals surface area contributed by atoms with Crippen LogP contribution in [-0.4, -0.2) is 15.0 Å². The monoisotopic (exact) mass is 688 g/mol. The fourth-order valence-corrected chi connectivity index (χ4v) is 8.63. The van der Waals surface area contributed by atoms with E-state index in [-0.39, 0.29) is 0 Å². The highest BCUT2D eigenvalue weighted by molar-refractivity contribution is 7.22. The molecule has 4 nitrogen and oxygen atoms in total. The van der Waals surface area contributed by atoms with Crippen molar-refractivity contribution < 1.29 is 0 Å². The molecule has 0 saturated heterocycles. The van der Waals surface area contributed by atoms with E-state index in [1.54, 1.807) is 22.7 Å². The van der Waals surface area contributed by atoms with E-state index in [0.29, 0.717) is 0 Å². The maximum absolute atomic E-state index is 5.23. The normalized spacial score (nSPS) is 11.5. The SMILES string of the molecule is c1ccc2cc3nc(N(c4ccc(-c5ccc(-c6nc7ccccc7s6)cc5)cc4)c4ccc(-c5nc6ccccc6s5)cc4)ccc3cc2c1. The lowest BCUT2D eigenvalue weighted by atomic mass is 10.0. The van der Waals surface area contributed by atoms with Gasteiger partial charge < -0.3 is 0 Å². The molecule has 0 aliphatic rings. The molecule has 3 aromatic heterocycles. The van der Waals surface area contributed by atoms with Crippen LogP contribution in [0, 0.1) is 0 Å². The van der Waals surface area contributed by atoms with E-state index < -0.39 is 0 Å². The summed E-state index contributed by atoms with van der Waals surface area (Å²) in [5.41, 5.74) is 9.64. The maximum Gasteiger partial charge on any atom is 0.138 e. The van der Waals surface area contributed by atoms with Crippen LogP contribution in [0.15, 0.2) is 170 Å². The van der Waals surface area contributed by atoms with Crippen molar-refractivity contribution in [2.24, 2.45) is 0 Å². The van der Waals surface area contributed by atoms with E-state index in [9.17, 15) is 0 Å². The van der Waals surface area contributed by atoms with Gasteiger partial charge in [-0.1, -0.05) is 84.9 Å². The van der Waals surface area contributed by atoms with E-state index in [2.05, 4.69) is 163 Å². The van der Waals surface area contributed by atoms with Crippen LogP contribution in [0.3, 0.4) is 0 Å². The molecule has 0 amide bonds. The Balaban J connectivity index is 1.01. The number of fused-ring (bicyclic) bond motifs is 4. The Morgan fingerprint density at radius 1 is 0.353 bits per heavy atom. The summed E-state index contributed by atoms with van der Waals surface area (Å²) in [6.07, 6.45) is 0. The van der Waals surface area contributed by atoms with Gasteiger partial charge >= 0.3 is 0 Å². The Morgan fingerprint density at radius 3 is 1.39 bits per heavy atom. The molecule has 6 heteroatoms. The Bertz CT molecular complexity index is 2790. The summed E-state index contributed by atoms with van der Waals surface area (Å²) in [5, 5.41) is 5.57. The molecule has 0 unspecified atom stereocenters. The molecule has 240 valence electrons. The molecule has 0 spiro atoms. The number of nitrogens with zero attached hydrogens (tertiary/aromatic N) is 4. The average Bonchev–Trinajstić information content (AvgIpc) is 3.83. The van der Waals surface area contributed by atoms with Crippen molar-refractivity contribution in [2.75, 3.05) is 4.90 Å². The van der Waals surface area contributed by atoms with Gasteiger partial charge in [0.2, 0.25) is 0 Å². The van der Waals surface area contributed by atoms with E-state index in [1.165, 1.54) is 20.2 Å². The maximum atomic E-state index is 5.23. The molecule has 0 bridgehead atoms. The molecule has 0 fully saturated rings. The fraction of sp³-hybridized carbons (Fsp3) is 0. The molecule has 0 aliphatic carbocycles. The second-order valence-electron chi connectivity index (χ2n) is 12.5. The fourth-order valence-electron chi connectivity index (χ4n) is 6.69. The molecular weight excluding hydrogens is 661 g/mol. The van der Waals surface area contributed by atoms with Crippen LogP contribution in [0.4, 0.5) is 17.2 Å².